The number of aliphatic carboxylic acids is 2. The minimum atomic E-state index is -3.71. The summed E-state index contributed by atoms with van der Waals surface area (Å²) in [6.07, 6.45) is -52.4. The summed E-state index contributed by atoms with van der Waals surface area (Å²) in [5, 5.41) is 219. The summed E-state index contributed by atoms with van der Waals surface area (Å²) >= 11 is 0. The number of ether oxygens (including phenoxy) is 10. The zero-order valence-corrected chi connectivity index (χ0v) is 45.1. The van der Waals surface area contributed by atoms with E-state index in [1.165, 1.54) is 0 Å². The minimum absolute atomic E-state index is 0.214. The lowest BCUT2D eigenvalue weighted by Gasteiger charge is -2.54. The predicted molar refractivity (Wildman–Crippen MR) is 256 cm³/mol. The normalized spacial score (nSPS) is 40.6. The second kappa shape index (κ2) is 31.3. The van der Waals surface area contributed by atoms with Gasteiger partial charge in [-0.15, -0.1) is 0 Å². The van der Waals surface area contributed by atoms with E-state index in [2.05, 4.69) is 16.0 Å². The van der Waals surface area contributed by atoms with Gasteiger partial charge in [0.05, 0.1) is 76.6 Å². The number of hydrogen-bond acceptors (Lipinski definition) is 35. The zero-order chi connectivity index (χ0) is 63.6. The van der Waals surface area contributed by atoms with Crippen molar-refractivity contribution >= 4 is 36.1 Å². The van der Waals surface area contributed by atoms with E-state index >= 15 is 0 Å². The molecule has 0 spiro atoms. The predicted octanol–water partition coefficient (Wildman–Crippen LogP) is -17.6. The van der Waals surface area contributed by atoms with Gasteiger partial charge in [-0.25, -0.2) is 0 Å². The van der Waals surface area contributed by atoms with Gasteiger partial charge in [-0.3, -0.25) is 19.2 Å². The highest BCUT2D eigenvalue weighted by atomic mass is 16.8. The van der Waals surface area contributed by atoms with Gasteiger partial charge in [-0.1, -0.05) is 0 Å². The van der Waals surface area contributed by atoms with Crippen molar-refractivity contribution in [2.75, 3.05) is 52.9 Å². The maximum absolute atomic E-state index is 13.8. The van der Waals surface area contributed by atoms with E-state index in [1.54, 1.807) is 0 Å². The first kappa shape index (κ1) is 71.5. The number of carboxylic acids is 2. The van der Waals surface area contributed by atoms with Crippen molar-refractivity contribution < 1.29 is 173 Å². The molecular formula is C46H74N4O35-2. The van der Waals surface area contributed by atoms with Crippen molar-refractivity contribution in [1.82, 2.24) is 21.3 Å². The van der Waals surface area contributed by atoms with Crippen LogP contribution in [0.2, 0.25) is 0 Å². The van der Waals surface area contributed by atoms with Crippen molar-refractivity contribution in [2.45, 2.75) is 197 Å². The Morgan fingerprint density at radius 3 is 1.64 bits per heavy atom. The molecule has 0 bridgehead atoms. The van der Waals surface area contributed by atoms with Gasteiger partial charge in [0, 0.05) is 26.7 Å². The van der Waals surface area contributed by atoms with Gasteiger partial charge in [0.15, 0.2) is 18.9 Å². The van der Waals surface area contributed by atoms with Crippen molar-refractivity contribution in [1.29, 1.82) is 0 Å². The van der Waals surface area contributed by atoms with Crippen molar-refractivity contribution in [3.63, 3.8) is 0 Å². The molecule has 0 aromatic rings. The Hall–Kier alpha value is -4.26. The second-order valence-corrected chi connectivity index (χ2v) is 20.5. The largest absolute Gasteiger partial charge is 0.544 e. The fraction of sp³-hybridized carbons (Fsp3) is 0.870. The van der Waals surface area contributed by atoms with Crippen LogP contribution in [0.3, 0.4) is 0 Å². The molecule has 5 fully saturated rings. The minimum Gasteiger partial charge on any atom is -0.544 e. The fourth-order valence-electron chi connectivity index (χ4n) is 10.2. The molecule has 21 N–H and O–H groups in total. The van der Waals surface area contributed by atoms with Crippen LogP contribution in [0.1, 0.15) is 26.7 Å². The molecule has 0 unspecified atom stereocenters. The number of aliphatic hydroxyl groups is 17. The molecule has 0 saturated carbocycles. The lowest BCUT2D eigenvalue weighted by molar-refractivity contribution is -0.422. The summed E-state index contributed by atoms with van der Waals surface area (Å²) in [5.74, 6) is -15.5. The summed E-state index contributed by atoms with van der Waals surface area (Å²) in [6.45, 7) is -7.07. The summed E-state index contributed by atoms with van der Waals surface area (Å²) in [5.41, 5.74) is 0. The Balaban J connectivity index is 1.60. The Bertz CT molecular complexity index is 2200. The molecule has 5 heterocycles. The van der Waals surface area contributed by atoms with Crippen LogP contribution in [-0.2, 0) is 76.1 Å². The van der Waals surface area contributed by atoms with Crippen LogP contribution >= 0.6 is 0 Å². The molecule has 39 heteroatoms. The lowest BCUT2D eigenvalue weighted by atomic mass is 9.87. The molecule has 0 aromatic carbocycles. The second-order valence-electron chi connectivity index (χ2n) is 20.5. The highest BCUT2D eigenvalue weighted by Gasteiger charge is 2.61. The molecule has 0 radical (unpaired) electrons. The Labute approximate surface area is 480 Å². The summed E-state index contributed by atoms with van der Waals surface area (Å²) in [7, 11) is 0. The first-order valence-electron chi connectivity index (χ1n) is 26.2. The Morgan fingerprint density at radius 1 is 0.588 bits per heavy atom. The molecule has 0 aliphatic carbocycles. The fourth-order valence-corrected chi connectivity index (χ4v) is 10.2. The van der Waals surface area contributed by atoms with Gasteiger partial charge in [0.2, 0.25) is 35.7 Å². The topological polar surface area (TPSA) is 633 Å². The SMILES string of the molecule is CC(=O)N[C@H]1[C@H](O[C@@H]2[C@H](O[C@]3(C(=O)[O-])C[C@H](O)[C@@H](NC(C)=O)[C@H]([C@H](O)[C@@H](CO)O[C@]4(C(=O)[O-])C[C@H](O)[C@@H](NC(=O)CO)[C@H]([C@H](O)[C@H](O)CO)O4)O3)[C@@H](O)[C@H](O[C@H]3[C@H](O)[C@@H](O)[C@H](OC[C@@H](CO)NC=O)O[C@@H]3CO)O[C@@H]2CO)O[C@H](CO)[C@H](O)[C@@H]1O. The molecule has 5 aliphatic rings. The molecule has 85 heavy (non-hydrogen) atoms. The third kappa shape index (κ3) is 16.3. The molecule has 5 saturated heterocycles. The monoisotopic (exact) mass is 1240 g/mol. The molecule has 0 aromatic heterocycles. The zero-order valence-electron chi connectivity index (χ0n) is 45.1. The van der Waals surface area contributed by atoms with E-state index in [1.807, 2.05) is 5.32 Å². The van der Waals surface area contributed by atoms with Crippen LogP contribution in [0.5, 0.6) is 0 Å². The van der Waals surface area contributed by atoms with E-state index in [4.69, 9.17) is 47.4 Å². The molecular weight excluding hydrogens is 1170 g/mol. The highest BCUT2D eigenvalue weighted by Crippen LogP contribution is 2.41. The standard InChI is InChI=1S/C46H76N4O35/c1-14(59)48-25-17(61)4-46(44(74)75,84-38(25)30(67)21(8-54)82-45(43(72)73)3-18(62)26(50-24(64)11-57)37(83-45)28(65)19(63)6-52)85-39-34(71)42(80-35-22(9-55)78-41(33(70)32(35)69)76-12-16(5-51)47-13-58)79-23(10-56)36(39)81-40-27(49-15(2)60)31(68)29(66)20(7-53)77-40/h13,16-23,25-42,51-57,61-63,65-71H,3-12H2,1-2H3,(H,47,58)(H,48,59)(H,49,60)(H,50,64)(H,72,73)(H,74,75)/p-2/t16-,17+,18+,19-,20-,21-,22-,23-,25-,26-,27-,28-,29+,30-,31-,32-,33-,34-,35-,36+,37-,38-,39-,40+,41-,42+,45-,46+/m1/s1. The van der Waals surface area contributed by atoms with Gasteiger partial charge in [-0.05, 0) is 0 Å². The molecule has 5 aliphatic heterocycles. The van der Waals surface area contributed by atoms with Crippen molar-refractivity contribution in [2.24, 2.45) is 0 Å². The smallest absolute Gasteiger partial charge is 0.246 e. The third-order valence-corrected chi connectivity index (χ3v) is 14.5. The number of carbonyl (C=O) groups is 6. The van der Waals surface area contributed by atoms with Crippen LogP contribution in [0.4, 0.5) is 0 Å². The molecule has 5 rings (SSSR count). The summed E-state index contributed by atoms with van der Waals surface area (Å²) in [6, 6.07) is -6.98. The number of nitrogens with one attached hydrogen (secondary N) is 4. The lowest BCUT2D eigenvalue weighted by Crippen LogP contribution is -2.74. The van der Waals surface area contributed by atoms with E-state index in [0.717, 1.165) is 13.8 Å². The molecule has 39 nitrogen and oxygen atoms in total. The maximum Gasteiger partial charge on any atom is 0.246 e. The first-order chi connectivity index (χ1) is 40.1. The van der Waals surface area contributed by atoms with Crippen LogP contribution in [0, 0.1) is 0 Å². The quantitative estimate of drug-likeness (QED) is 0.0309. The number of rotatable bonds is 29. The van der Waals surface area contributed by atoms with Crippen LogP contribution in [0.25, 0.3) is 0 Å². The third-order valence-electron chi connectivity index (χ3n) is 14.5. The van der Waals surface area contributed by atoms with E-state index in [-0.39, 0.29) is 6.41 Å². The summed E-state index contributed by atoms with van der Waals surface area (Å²) < 4.78 is 57.3. The van der Waals surface area contributed by atoms with Crippen LogP contribution < -0.4 is 31.5 Å². The van der Waals surface area contributed by atoms with Crippen molar-refractivity contribution in [3.05, 3.63) is 0 Å². The number of hydrogen-bond donors (Lipinski definition) is 21. The average Bonchev–Trinajstić information content (AvgIpc) is 1.28. The van der Waals surface area contributed by atoms with E-state index in [9.17, 15) is 126 Å². The average molecular weight is 1240 g/mol. The summed E-state index contributed by atoms with van der Waals surface area (Å²) in [4.78, 5) is 75.1. The van der Waals surface area contributed by atoms with Crippen molar-refractivity contribution in [3.8, 4) is 0 Å². The van der Waals surface area contributed by atoms with E-state index in [0.29, 0.717) is 0 Å². The van der Waals surface area contributed by atoms with Gasteiger partial charge in [-0.2, -0.15) is 0 Å². The van der Waals surface area contributed by atoms with Gasteiger partial charge in [0.1, 0.15) is 128 Å². The first-order valence-corrected chi connectivity index (χ1v) is 26.2. The van der Waals surface area contributed by atoms with Gasteiger partial charge >= 0.3 is 0 Å². The molecule has 4 amide bonds. The number of amides is 4. The number of aliphatic hydroxyl groups excluding tert-OH is 17. The van der Waals surface area contributed by atoms with E-state index < -0.39 is 266 Å². The Kier molecular flexibility index (Phi) is 26.3. The molecule has 28 atom stereocenters. The van der Waals surface area contributed by atoms with Crippen LogP contribution in [-0.4, -0.2) is 346 Å². The van der Waals surface area contributed by atoms with Gasteiger partial charge < -0.3 is 175 Å². The van der Waals surface area contributed by atoms with Crippen LogP contribution in [0.15, 0.2) is 0 Å². The highest BCUT2D eigenvalue weighted by molar-refractivity contribution is 5.78. The maximum atomic E-state index is 13.8. The van der Waals surface area contributed by atoms with Gasteiger partial charge in [0.25, 0.3) is 0 Å². The Morgan fingerprint density at radius 2 is 1.11 bits per heavy atom. The molecule has 490 valence electrons. The number of carboxylic acid groups (broad SMARTS) is 2. The number of carbonyl (C=O) groups excluding carboxylic acids is 6.